The first-order valence-corrected chi connectivity index (χ1v) is 7.22. The first-order valence-electron chi connectivity index (χ1n) is 6.24. The molecular formula is C12H23N3S. The van der Waals surface area contributed by atoms with E-state index in [1.54, 1.807) is 0 Å². The number of rotatable bonds is 3. The third kappa shape index (κ3) is 2.54. The molecule has 1 saturated carbocycles. The van der Waals surface area contributed by atoms with Gasteiger partial charge < -0.3 is 10.2 Å². The largest absolute Gasteiger partial charge is 0.362 e. The Morgan fingerprint density at radius 2 is 2.25 bits per heavy atom. The quantitative estimate of drug-likeness (QED) is 0.818. The van der Waals surface area contributed by atoms with Crippen molar-refractivity contribution in [1.29, 1.82) is 0 Å². The number of nitrogens with one attached hydrogen (secondary N) is 1. The van der Waals surface area contributed by atoms with Crippen LogP contribution in [0.2, 0.25) is 0 Å². The highest BCUT2D eigenvalue weighted by Crippen LogP contribution is 2.36. The van der Waals surface area contributed by atoms with Gasteiger partial charge in [0, 0.05) is 17.3 Å². The maximum Gasteiger partial charge on any atom is 0.156 e. The van der Waals surface area contributed by atoms with Gasteiger partial charge in [-0.2, -0.15) is 0 Å². The van der Waals surface area contributed by atoms with Crippen molar-refractivity contribution in [2.75, 3.05) is 26.4 Å². The summed E-state index contributed by atoms with van der Waals surface area (Å²) in [6.07, 6.45) is 5.22. The van der Waals surface area contributed by atoms with Crippen LogP contribution in [0.1, 0.15) is 32.6 Å². The highest BCUT2D eigenvalue weighted by Gasteiger charge is 2.38. The Morgan fingerprint density at radius 1 is 1.50 bits per heavy atom. The molecule has 2 rings (SSSR count). The minimum absolute atomic E-state index is 0.357. The third-order valence-corrected chi connectivity index (χ3v) is 4.87. The summed E-state index contributed by atoms with van der Waals surface area (Å²) in [5, 5.41) is 4.63. The number of aliphatic imine (C=N–C) groups is 1. The summed E-state index contributed by atoms with van der Waals surface area (Å²) >= 11 is 1.87. The molecule has 1 saturated heterocycles. The number of likely N-dealkylation sites (N-methyl/N-ethyl adjacent to an activating group) is 1. The maximum absolute atomic E-state index is 4.78. The Hall–Kier alpha value is -0.220. The molecular weight excluding hydrogens is 218 g/mol. The molecule has 1 atom stereocenters. The van der Waals surface area contributed by atoms with Crippen molar-refractivity contribution in [3.8, 4) is 0 Å². The zero-order chi connectivity index (χ0) is 11.6. The molecule has 1 aliphatic heterocycles. The number of amidine groups is 1. The summed E-state index contributed by atoms with van der Waals surface area (Å²) in [6, 6.07) is 0.594. The van der Waals surface area contributed by atoms with Crippen LogP contribution in [0.15, 0.2) is 4.99 Å². The number of thioether (sulfide) groups is 1. The Morgan fingerprint density at radius 3 is 2.75 bits per heavy atom. The van der Waals surface area contributed by atoms with Gasteiger partial charge in [0.05, 0.1) is 6.54 Å². The van der Waals surface area contributed by atoms with Crippen LogP contribution in [-0.2, 0) is 0 Å². The highest BCUT2D eigenvalue weighted by molar-refractivity contribution is 8.13. The molecule has 16 heavy (non-hydrogen) atoms. The Kier molecular flexibility index (Phi) is 3.80. The van der Waals surface area contributed by atoms with E-state index >= 15 is 0 Å². The van der Waals surface area contributed by atoms with Crippen LogP contribution in [-0.4, -0.2) is 48.0 Å². The van der Waals surface area contributed by atoms with Gasteiger partial charge in [0.2, 0.25) is 0 Å². The van der Waals surface area contributed by atoms with Gasteiger partial charge in [0.25, 0.3) is 0 Å². The second-order valence-corrected chi connectivity index (χ2v) is 6.36. The van der Waals surface area contributed by atoms with Crippen LogP contribution in [0, 0.1) is 0 Å². The molecule has 0 aromatic carbocycles. The summed E-state index contributed by atoms with van der Waals surface area (Å²) in [5.74, 6) is 1.21. The first kappa shape index (κ1) is 12.2. The van der Waals surface area contributed by atoms with Crippen LogP contribution >= 0.6 is 11.8 Å². The fraction of sp³-hybridized carbons (Fsp3) is 0.917. The van der Waals surface area contributed by atoms with Crippen LogP contribution in [0.4, 0.5) is 0 Å². The molecule has 2 fully saturated rings. The topological polar surface area (TPSA) is 27.6 Å². The fourth-order valence-corrected chi connectivity index (χ4v) is 3.40. The van der Waals surface area contributed by atoms with Gasteiger partial charge in [-0.15, -0.1) is 0 Å². The molecule has 1 aliphatic carbocycles. The van der Waals surface area contributed by atoms with Crippen molar-refractivity contribution < 1.29 is 0 Å². The zero-order valence-corrected chi connectivity index (χ0v) is 11.4. The van der Waals surface area contributed by atoms with Crippen molar-refractivity contribution >= 4 is 16.9 Å². The second kappa shape index (κ2) is 4.96. The van der Waals surface area contributed by atoms with E-state index in [4.69, 9.17) is 4.99 Å². The summed E-state index contributed by atoms with van der Waals surface area (Å²) in [4.78, 5) is 7.13. The lowest BCUT2D eigenvalue weighted by Crippen LogP contribution is -2.52. The third-order valence-electron chi connectivity index (χ3n) is 3.91. The van der Waals surface area contributed by atoms with Crippen LogP contribution < -0.4 is 5.32 Å². The van der Waals surface area contributed by atoms with E-state index < -0.39 is 0 Å². The lowest BCUT2D eigenvalue weighted by molar-refractivity contribution is 0.0700. The minimum Gasteiger partial charge on any atom is -0.362 e. The Balaban J connectivity index is 1.91. The number of hydrogen-bond acceptors (Lipinski definition) is 3. The average Bonchev–Trinajstić information content (AvgIpc) is 2.15. The fourth-order valence-electron chi connectivity index (χ4n) is 2.30. The molecule has 4 heteroatoms. The summed E-state index contributed by atoms with van der Waals surface area (Å²) in [5.41, 5.74) is 0.357. The minimum atomic E-state index is 0.357. The van der Waals surface area contributed by atoms with Gasteiger partial charge in [0.1, 0.15) is 0 Å². The van der Waals surface area contributed by atoms with E-state index in [-0.39, 0.29) is 0 Å². The molecule has 0 aromatic heterocycles. The predicted octanol–water partition coefficient (Wildman–Crippen LogP) is 1.94. The maximum atomic E-state index is 4.78. The number of nitrogens with zero attached hydrogens (tertiary/aromatic N) is 2. The van der Waals surface area contributed by atoms with Gasteiger partial charge >= 0.3 is 0 Å². The lowest BCUT2D eigenvalue weighted by atomic mass is 9.76. The first-order chi connectivity index (χ1) is 7.62. The molecule has 92 valence electrons. The molecule has 0 spiro atoms. The van der Waals surface area contributed by atoms with E-state index in [1.165, 1.54) is 31.4 Å². The average molecular weight is 241 g/mol. The standard InChI is InChI=1S/C12H23N3S/c1-10-5-8-16-11(14-10)13-9-12(15(2)3)6-4-7-12/h10H,4-9H2,1-3H3,(H,13,14). The van der Waals surface area contributed by atoms with Crippen molar-refractivity contribution in [2.24, 2.45) is 4.99 Å². The second-order valence-electron chi connectivity index (χ2n) is 5.28. The molecule has 0 aromatic rings. The van der Waals surface area contributed by atoms with Crippen LogP contribution in [0.25, 0.3) is 0 Å². The lowest BCUT2D eigenvalue weighted by Gasteiger charge is -2.46. The van der Waals surface area contributed by atoms with Gasteiger partial charge in [-0.3, -0.25) is 4.99 Å². The van der Waals surface area contributed by atoms with E-state index in [1.807, 2.05) is 11.8 Å². The molecule has 1 heterocycles. The monoisotopic (exact) mass is 241 g/mol. The van der Waals surface area contributed by atoms with Gasteiger partial charge in [-0.1, -0.05) is 11.8 Å². The Bertz CT molecular complexity index is 271. The molecule has 0 amide bonds. The van der Waals surface area contributed by atoms with Gasteiger partial charge in [-0.25, -0.2) is 0 Å². The van der Waals surface area contributed by atoms with Crippen molar-refractivity contribution in [2.45, 2.75) is 44.2 Å². The highest BCUT2D eigenvalue weighted by atomic mass is 32.2. The van der Waals surface area contributed by atoms with Crippen molar-refractivity contribution in [1.82, 2.24) is 10.2 Å². The number of hydrogen-bond donors (Lipinski definition) is 1. The summed E-state index contributed by atoms with van der Waals surface area (Å²) < 4.78 is 0. The SMILES string of the molecule is CC1CCSC(=NCC2(N(C)C)CCC2)N1. The Labute approximate surface area is 103 Å². The molecule has 0 radical (unpaired) electrons. The smallest absolute Gasteiger partial charge is 0.156 e. The van der Waals surface area contributed by atoms with Gasteiger partial charge in [-0.05, 0) is 46.7 Å². The molecule has 0 bridgehead atoms. The van der Waals surface area contributed by atoms with Crippen molar-refractivity contribution in [3.05, 3.63) is 0 Å². The molecule has 2 aliphatic rings. The normalized spacial score (nSPS) is 31.2. The molecule has 3 nitrogen and oxygen atoms in total. The van der Waals surface area contributed by atoms with Gasteiger partial charge in [0.15, 0.2) is 5.17 Å². The van der Waals surface area contributed by atoms with Crippen LogP contribution in [0.3, 0.4) is 0 Å². The summed E-state index contributed by atoms with van der Waals surface area (Å²) in [6.45, 7) is 3.20. The molecule has 1 N–H and O–H groups in total. The van der Waals surface area contributed by atoms with E-state index in [0.717, 1.165) is 11.7 Å². The molecule has 1 unspecified atom stereocenters. The zero-order valence-electron chi connectivity index (χ0n) is 10.6. The van der Waals surface area contributed by atoms with E-state index in [9.17, 15) is 0 Å². The van der Waals surface area contributed by atoms with E-state index in [0.29, 0.717) is 11.6 Å². The summed E-state index contributed by atoms with van der Waals surface area (Å²) in [7, 11) is 4.37. The van der Waals surface area contributed by atoms with E-state index in [2.05, 4.69) is 31.2 Å². The predicted molar refractivity (Wildman–Crippen MR) is 72.2 cm³/mol. The van der Waals surface area contributed by atoms with Crippen molar-refractivity contribution in [3.63, 3.8) is 0 Å². The van der Waals surface area contributed by atoms with Crippen LogP contribution in [0.5, 0.6) is 0 Å².